The van der Waals surface area contributed by atoms with Gasteiger partial charge in [0.05, 0.1) is 19.2 Å². The van der Waals surface area contributed by atoms with Gasteiger partial charge in [0.2, 0.25) is 5.91 Å². The Morgan fingerprint density at radius 1 is 0.811 bits per heavy atom. The van der Waals surface area contributed by atoms with Crippen molar-refractivity contribution in [3.8, 4) is 5.75 Å². The third-order valence-corrected chi connectivity index (χ3v) is 7.94. The first-order chi connectivity index (χ1) is 18.2. The highest BCUT2D eigenvalue weighted by atomic mass is 16.5. The van der Waals surface area contributed by atoms with Gasteiger partial charge in [0.15, 0.2) is 0 Å². The van der Waals surface area contributed by atoms with Crippen LogP contribution >= 0.6 is 0 Å². The van der Waals surface area contributed by atoms with Gasteiger partial charge >= 0.3 is 0 Å². The zero-order valence-corrected chi connectivity index (χ0v) is 22.0. The second kappa shape index (κ2) is 12.4. The Hall–Kier alpha value is -3.15. The van der Waals surface area contributed by atoms with Gasteiger partial charge in [-0.05, 0) is 54.6 Å². The Balaban J connectivity index is 1.16. The van der Waals surface area contributed by atoms with Crippen LogP contribution in [0, 0.1) is 0 Å². The van der Waals surface area contributed by atoms with E-state index in [0.717, 1.165) is 64.3 Å². The maximum atomic E-state index is 12.9. The highest BCUT2D eigenvalue weighted by molar-refractivity contribution is 5.77. The van der Waals surface area contributed by atoms with Crippen molar-refractivity contribution in [3.05, 3.63) is 102 Å². The molecule has 1 unspecified atom stereocenters. The number of rotatable bonds is 9. The molecule has 0 N–H and O–H groups in total. The summed E-state index contributed by atoms with van der Waals surface area (Å²) in [5.41, 5.74) is 3.93. The van der Waals surface area contributed by atoms with Crippen molar-refractivity contribution in [1.29, 1.82) is 0 Å². The molecule has 2 saturated heterocycles. The summed E-state index contributed by atoms with van der Waals surface area (Å²) in [4.78, 5) is 20.2. The highest BCUT2D eigenvalue weighted by Gasteiger charge is 2.30. The number of benzene rings is 3. The third-order valence-electron chi connectivity index (χ3n) is 7.94. The first-order valence-electron chi connectivity index (χ1n) is 13.7. The maximum absolute atomic E-state index is 12.9. The lowest BCUT2D eigenvalue weighted by atomic mass is 9.94. The Labute approximate surface area is 221 Å². The van der Waals surface area contributed by atoms with E-state index in [9.17, 15) is 4.79 Å². The SMILES string of the molecule is COc1ccc(C2CCCC(=O)N2CCCN2CCN(C(c3ccccc3)c3ccccc3)CC2)cc1. The predicted octanol–water partition coefficient (Wildman–Crippen LogP) is 5.55. The summed E-state index contributed by atoms with van der Waals surface area (Å²) in [6, 6.07) is 30.5. The van der Waals surface area contributed by atoms with E-state index in [1.165, 1.54) is 16.7 Å². The van der Waals surface area contributed by atoms with Crippen molar-refractivity contribution in [1.82, 2.24) is 14.7 Å². The molecule has 2 aliphatic rings. The average Bonchev–Trinajstić information content (AvgIpc) is 2.96. The molecule has 5 rings (SSSR count). The molecule has 3 aromatic rings. The normalized spacial score (nSPS) is 19.4. The second-order valence-corrected chi connectivity index (χ2v) is 10.2. The summed E-state index contributed by atoms with van der Waals surface area (Å²) >= 11 is 0. The molecule has 0 spiro atoms. The molecule has 3 aromatic carbocycles. The van der Waals surface area contributed by atoms with Gasteiger partial charge in [-0.3, -0.25) is 9.69 Å². The second-order valence-electron chi connectivity index (χ2n) is 10.2. The van der Waals surface area contributed by atoms with Crippen LogP contribution in [0.2, 0.25) is 0 Å². The van der Waals surface area contributed by atoms with Gasteiger partial charge in [0.25, 0.3) is 0 Å². The molecular weight excluding hydrogens is 458 g/mol. The standard InChI is InChI=1S/C32H39N3O2/c1-37-29-18-16-26(17-19-29)30-14-8-15-31(36)35(30)21-9-20-33-22-24-34(25-23-33)32(27-10-4-2-5-11-27)28-12-6-3-7-13-28/h2-7,10-13,16-19,30,32H,8-9,14-15,20-25H2,1H3. The smallest absolute Gasteiger partial charge is 0.223 e. The number of carbonyl (C=O) groups excluding carboxylic acids is 1. The van der Waals surface area contributed by atoms with Gasteiger partial charge in [0.1, 0.15) is 5.75 Å². The van der Waals surface area contributed by atoms with E-state index >= 15 is 0 Å². The first kappa shape index (κ1) is 25.5. The molecule has 0 saturated carbocycles. The summed E-state index contributed by atoms with van der Waals surface area (Å²) in [6.07, 6.45) is 3.69. The minimum absolute atomic E-state index is 0.182. The number of methoxy groups -OCH3 is 1. The summed E-state index contributed by atoms with van der Waals surface area (Å²) in [6.45, 7) is 6.08. The van der Waals surface area contributed by atoms with Gasteiger partial charge in [-0.25, -0.2) is 0 Å². The van der Waals surface area contributed by atoms with Gasteiger partial charge in [0, 0.05) is 39.1 Å². The number of piperazine rings is 1. The molecule has 0 aromatic heterocycles. The monoisotopic (exact) mass is 497 g/mol. The largest absolute Gasteiger partial charge is 0.497 e. The number of piperidine rings is 1. The van der Waals surface area contributed by atoms with Crippen molar-refractivity contribution < 1.29 is 9.53 Å². The number of carbonyl (C=O) groups is 1. The fraction of sp³-hybridized carbons (Fsp3) is 0.406. The van der Waals surface area contributed by atoms with Crippen LogP contribution in [-0.4, -0.2) is 67.0 Å². The molecule has 2 fully saturated rings. The molecule has 2 heterocycles. The van der Waals surface area contributed by atoms with Gasteiger partial charge in [-0.15, -0.1) is 0 Å². The van der Waals surface area contributed by atoms with E-state index in [0.29, 0.717) is 18.4 Å². The van der Waals surface area contributed by atoms with E-state index in [2.05, 4.69) is 87.5 Å². The summed E-state index contributed by atoms with van der Waals surface area (Å²) < 4.78 is 5.32. The van der Waals surface area contributed by atoms with E-state index < -0.39 is 0 Å². The Kier molecular flexibility index (Phi) is 8.54. The molecule has 1 atom stereocenters. The predicted molar refractivity (Wildman–Crippen MR) is 149 cm³/mol. The van der Waals surface area contributed by atoms with Gasteiger partial charge in [-0.2, -0.15) is 0 Å². The fourth-order valence-electron chi connectivity index (χ4n) is 5.97. The number of ether oxygens (including phenoxy) is 1. The molecule has 1 amide bonds. The van der Waals surface area contributed by atoms with Crippen molar-refractivity contribution >= 4 is 5.91 Å². The van der Waals surface area contributed by atoms with Crippen molar-refractivity contribution in [2.24, 2.45) is 0 Å². The third kappa shape index (κ3) is 6.23. The van der Waals surface area contributed by atoms with Crippen molar-refractivity contribution in [2.75, 3.05) is 46.4 Å². The van der Waals surface area contributed by atoms with Crippen LogP contribution in [0.4, 0.5) is 0 Å². The van der Waals surface area contributed by atoms with Gasteiger partial charge in [-0.1, -0.05) is 72.8 Å². The van der Waals surface area contributed by atoms with Crippen molar-refractivity contribution in [2.45, 2.75) is 37.8 Å². The van der Waals surface area contributed by atoms with Crippen LogP contribution in [0.25, 0.3) is 0 Å². The van der Waals surface area contributed by atoms with E-state index in [4.69, 9.17) is 4.74 Å². The molecule has 37 heavy (non-hydrogen) atoms. The number of hydrogen-bond acceptors (Lipinski definition) is 4. The van der Waals surface area contributed by atoms with E-state index in [-0.39, 0.29) is 6.04 Å². The zero-order valence-electron chi connectivity index (χ0n) is 22.0. The minimum Gasteiger partial charge on any atom is -0.497 e. The summed E-state index contributed by atoms with van der Waals surface area (Å²) in [5.74, 6) is 1.16. The van der Waals surface area contributed by atoms with E-state index in [1.807, 2.05) is 12.1 Å². The van der Waals surface area contributed by atoms with E-state index in [1.54, 1.807) is 7.11 Å². The minimum atomic E-state index is 0.182. The van der Waals surface area contributed by atoms with Crippen LogP contribution in [-0.2, 0) is 4.79 Å². The topological polar surface area (TPSA) is 36.0 Å². The molecule has 0 aliphatic carbocycles. The van der Waals surface area contributed by atoms with Crippen LogP contribution in [0.5, 0.6) is 5.75 Å². The van der Waals surface area contributed by atoms with Crippen LogP contribution in [0.3, 0.4) is 0 Å². The van der Waals surface area contributed by atoms with Crippen LogP contribution < -0.4 is 4.74 Å². The number of nitrogens with zero attached hydrogens (tertiary/aromatic N) is 3. The summed E-state index contributed by atoms with van der Waals surface area (Å²) in [5, 5.41) is 0. The van der Waals surface area contributed by atoms with Crippen molar-refractivity contribution in [3.63, 3.8) is 0 Å². The lowest BCUT2D eigenvalue weighted by molar-refractivity contribution is -0.136. The first-order valence-corrected chi connectivity index (χ1v) is 13.7. The molecule has 0 radical (unpaired) electrons. The molecule has 5 nitrogen and oxygen atoms in total. The molecule has 194 valence electrons. The average molecular weight is 498 g/mol. The number of amides is 1. The zero-order chi connectivity index (χ0) is 25.5. The Morgan fingerprint density at radius 3 is 2.03 bits per heavy atom. The number of hydrogen-bond donors (Lipinski definition) is 0. The lowest BCUT2D eigenvalue weighted by Gasteiger charge is -2.40. The maximum Gasteiger partial charge on any atom is 0.223 e. The van der Waals surface area contributed by atoms with Crippen LogP contribution in [0.15, 0.2) is 84.9 Å². The summed E-state index contributed by atoms with van der Waals surface area (Å²) in [7, 11) is 1.69. The molecular formula is C32H39N3O2. The fourth-order valence-corrected chi connectivity index (χ4v) is 5.97. The molecule has 5 heteroatoms. The Bertz CT molecular complexity index is 1070. The lowest BCUT2D eigenvalue weighted by Crippen LogP contribution is -2.48. The Morgan fingerprint density at radius 2 is 1.43 bits per heavy atom. The number of likely N-dealkylation sites (tertiary alicyclic amines) is 1. The molecule has 0 bridgehead atoms. The quantitative estimate of drug-likeness (QED) is 0.389. The van der Waals surface area contributed by atoms with Crippen LogP contribution in [0.1, 0.15) is 54.5 Å². The molecule has 2 aliphatic heterocycles. The highest BCUT2D eigenvalue weighted by Crippen LogP contribution is 2.33. The van der Waals surface area contributed by atoms with Gasteiger partial charge < -0.3 is 14.5 Å².